The molecule has 4 nitrogen and oxygen atoms in total. The normalized spacial score (nSPS) is 13.8. The molecule has 160 valence electrons. The molecule has 0 bridgehead atoms. The Balaban J connectivity index is 1.75. The maximum absolute atomic E-state index is 13.5. The highest BCUT2D eigenvalue weighted by atomic mass is 35.5. The van der Waals surface area contributed by atoms with Gasteiger partial charge in [0, 0.05) is 18.0 Å². The Kier molecular flexibility index (Phi) is 6.65. The fraction of sp³-hybridized carbons (Fsp3) is 0.250. The Bertz CT molecular complexity index is 1120. The molecular weight excluding hydrogens is 451 g/mol. The molecule has 2 aromatic carbocycles. The van der Waals surface area contributed by atoms with E-state index in [1.165, 1.54) is 11.3 Å². The third kappa shape index (κ3) is 4.49. The molecule has 1 N–H and O–H groups in total. The maximum atomic E-state index is 13.5. The second kappa shape index (κ2) is 9.43. The number of piperidine rings is 1. The van der Waals surface area contributed by atoms with Crippen molar-refractivity contribution < 1.29 is 9.59 Å². The predicted octanol–water partition coefficient (Wildman–Crippen LogP) is 6.91. The van der Waals surface area contributed by atoms with Gasteiger partial charge >= 0.3 is 0 Å². The van der Waals surface area contributed by atoms with Crippen molar-refractivity contribution in [2.45, 2.75) is 26.2 Å². The summed E-state index contributed by atoms with van der Waals surface area (Å²) in [7, 11) is 0. The number of hydrogen-bond acceptors (Lipinski definition) is 3. The van der Waals surface area contributed by atoms with Gasteiger partial charge in [-0.25, -0.2) is 0 Å². The van der Waals surface area contributed by atoms with Crippen molar-refractivity contribution in [2.75, 3.05) is 18.4 Å². The van der Waals surface area contributed by atoms with Crippen molar-refractivity contribution in [1.29, 1.82) is 0 Å². The molecule has 31 heavy (non-hydrogen) atoms. The molecule has 1 aliphatic heterocycles. The zero-order valence-corrected chi connectivity index (χ0v) is 19.4. The molecule has 2 amide bonds. The molecule has 0 atom stereocenters. The summed E-state index contributed by atoms with van der Waals surface area (Å²) in [4.78, 5) is 29.3. The minimum Gasteiger partial charge on any atom is -0.339 e. The van der Waals surface area contributed by atoms with Gasteiger partial charge in [-0.15, -0.1) is 11.3 Å². The Morgan fingerprint density at radius 3 is 2.39 bits per heavy atom. The lowest BCUT2D eigenvalue weighted by Crippen LogP contribution is -2.36. The van der Waals surface area contributed by atoms with Crippen LogP contribution in [0.25, 0.3) is 10.4 Å². The number of rotatable bonds is 4. The Morgan fingerprint density at radius 1 is 0.968 bits per heavy atom. The summed E-state index contributed by atoms with van der Waals surface area (Å²) in [5.74, 6) is -0.427. The van der Waals surface area contributed by atoms with E-state index in [0.29, 0.717) is 15.6 Å². The second-order valence-electron chi connectivity index (χ2n) is 7.53. The average Bonchev–Trinajstić information content (AvgIpc) is 3.11. The number of anilines is 1. The van der Waals surface area contributed by atoms with Crippen LogP contribution >= 0.6 is 34.5 Å². The summed E-state index contributed by atoms with van der Waals surface area (Å²) in [5.41, 5.74) is 2.72. The quantitative estimate of drug-likeness (QED) is 0.448. The van der Waals surface area contributed by atoms with E-state index in [1.54, 1.807) is 18.2 Å². The minimum atomic E-state index is -0.388. The van der Waals surface area contributed by atoms with E-state index in [-0.39, 0.29) is 22.4 Å². The molecule has 0 saturated carbocycles. The van der Waals surface area contributed by atoms with Gasteiger partial charge < -0.3 is 10.2 Å². The van der Waals surface area contributed by atoms with E-state index in [9.17, 15) is 9.59 Å². The molecule has 1 saturated heterocycles. The van der Waals surface area contributed by atoms with Gasteiger partial charge in [0.25, 0.3) is 11.8 Å². The van der Waals surface area contributed by atoms with Crippen LogP contribution in [-0.4, -0.2) is 29.8 Å². The van der Waals surface area contributed by atoms with Crippen molar-refractivity contribution >= 4 is 51.4 Å². The van der Waals surface area contributed by atoms with Gasteiger partial charge in [0.1, 0.15) is 5.00 Å². The summed E-state index contributed by atoms with van der Waals surface area (Å²) < 4.78 is 0. The molecule has 1 aliphatic rings. The third-order valence-electron chi connectivity index (χ3n) is 5.46. The van der Waals surface area contributed by atoms with Gasteiger partial charge in [0.05, 0.1) is 21.2 Å². The molecule has 2 heterocycles. The molecule has 4 rings (SSSR count). The standard InChI is InChI=1S/C24H22Cl2N2O2S/c1-15-19(24(30)28-13-6-3-7-14-28)23(31-21(15)16-9-4-2-5-10-16)27-22(29)17-11-8-12-18(25)20(17)26/h2,4-5,8-12H,3,6-7,13-14H2,1H3,(H,27,29). The van der Waals surface area contributed by atoms with Crippen LogP contribution in [0.2, 0.25) is 10.0 Å². The van der Waals surface area contributed by atoms with Crippen molar-refractivity contribution in [2.24, 2.45) is 0 Å². The number of likely N-dealkylation sites (tertiary alicyclic amines) is 1. The predicted molar refractivity (Wildman–Crippen MR) is 129 cm³/mol. The van der Waals surface area contributed by atoms with E-state index in [2.05, 4.69) is 5.32 Å². The smallest absolute Gasteiger partial charge is 0.257 e. The lowest BCUT2D eigenvalue weighted by Gasteiger charge is -2.27. The second-order valence-corrected chi connectivity index (χ2v) is 9.34. The molecule has 0 radical (unpaired) electrons. The van der Waals surface area contributed by atoms with Crippen LogP contribution < -0.4 is 5.32 Å². The van der Waals surface area contributed by atoms with E-state index < -0.39 is 0 Å². The number of thiophene rings is 1. The molecule has 0 aliphatic carbocycles. The number of benzene rings is 2. The minimum absolute atomic E-state index is 0.0388. The van der Waals surface area contributed by atoms with Crippen molar-refractivity contribution in [1.82, 2.24) is 4.90 Å². The van der Waals surface area contributed by atoms with Crippen molar-refractivity contribution in [3.05, 3.63) is 75.3 Å². The van der Waals surface area contributed by atoms with Crippen LogP contribution in [0, 0.1) is 6.92 Å². The highest BCUT2D eigenvalue weighted by molar-refractivity contribution is 7.20. The third-order valence-corrected chi connectivity index (χ3v) is 7.54. The molecular formula is C24H22Cl2N2O2S. The van der Waals surface area contributed by atoms with Crippen LogP contribution in [0.15, 0.2) is 48.5 Å². The zero-order valence-electron chi connectivity index (χ0n) is 17.1. The number of halogens is 2. The molecule has 3 aromatic rings. The van der Waals surface area contributed by atoms with Gasteiger partial charge in [-0.2, -0.15) is 0 Å². The highest BCUT2D eigenvalue weighted by Crippen LogP contribution is 2.41. The van der Waals surface area contributed by atoms with Gasteiger partial charge in [-0.3, -0.25) is 9.59 Å². The van der Waals surface area contributed by atoms with Crippen molar-refractivity contribution in [3.8, 4) is 10.4 Å². The van der Waals surface area contributed by atoms with Crippen LogP contribution in [0.3, 0.4) is 0 Å². The number of carbonyl (C=O) groups excluding carboxylic acids is 2. The molecule has 7 heteroatoms. The zero-order chi connectivity index (χ0) is 22.0. The number of amides is 2. The lowest BCUT2D eigenvalue weighted by molar-refractivity contribution is 0.0725. The SMILES string of the molecule is Cc1c(-c2ccccc2)sc(NC(=O)c2cccc(Cl)c2Cl)c1C(=O)N1CCCCC1. The van der Waals surface area contributed by atoms with E-state index in [4.69, 9.17) is 23.2 Å². The molecule has 0 spiro atoms. The molecule has 1 fully saturated rings. The van der Waals surface area contributed by atoms with E-state index in [0.717, 1.165) is 48.4 Å². The highest BCUT2D eigenvalue weighted by Gasteiger charge is 2.28. The lowest BCUT2D eigenvalue weighted by atomic mass is 10.0. The Hall–Kier alpha value is -2.34. The molecule has 0 unspecified atom stereocenters. The summed E-state index contributed by atoms with van der Waals surface area (Å²) in [6.45, 7) is 3.42. The van der Waals surface area contributed by atoms with Gasteiger partial charge in [0.2, 0.25) is 0 Å². The Morgan fingerprint density at radius 2 is 1.68 bits per heavy atom. The van der Waals surface area contributed by atoms with Gasteiger partial charge in [-0.05, 0) is 49.4 Å². The molecule has 1 aromatic heterocycles. The van der Waals surface area contributed by atoms with E-state index >= 15 is 0 Å². The monoisotopic (exact) mass is 472 g/mol. The largest absolute Gasteiger partial charge is 0.339 e. The fourth-order valence-electron chi connectivity index (χ4n) is 3.83. The topological polar surface area (TPSA) is 49.4 Å². The average molecular weight is 473 g/mol. The van der Waals surface area contributed by atoms with Crippen LogP contribution in [0.5, 0.6) is 0 Å². The number of carbonyl (C=O) groups is 2. The summed E-state index contributed by atoms with van der Waals surface area (Å²) in [6, 6.07) is 14.8. The van der Waals surface area contributed by atoms with Crippen molar-refractivity contribution in [3.63, 3.8) is 0 Å². The van der Waals surface area contributed by atoms with Gasteiger partial charge in [0.15, 0.2) is 0 Å². The van der Waals surface area contributed by atoms with Crippen LogP contribution in [0.4, 0.5) is 5.00 Å². The number of hydrogen-bond donors (Lipinski definition) is 1. The fourth-order valence-corrected chi connectivity index (χ4v) is 5.41. The first kappa shape index (κ1) is 21.9. The Labute approximate surface area is 195 Å². The van der Waals surface area contributed by atoms with E-state index in [1.807, 2.05) is 42.2 Å². The first-order chi connectivity index (χ1) is 15.0. The first-order valence-electron chi connectivity index (χ1n) is 10.2. The van der Waals surface area contributed by atoms with Crippen LogP contribution in [0.1, 0.15) is 45.5 Å². The summed E-state index contributed by atoms with van der Waals surface area (Å²) in [5, 5.41) is 3.98. The van der Waals surface area contributed by atoms with Crippen LogP contribution in [-0.2, 0) is 0 Å². The summed E-state index contributed by atoms with van der Waals surface area (Å²) in [6.07, 6.45) is 3.14. The maximum Gasteiger partial charge on any atom is 0.257 e. The number of nitrogens with zero attached hydrogens (tertiary/aromatic N) is 1. The van der Waals surface area contributed by atoms with Gasteiger partial charge in [-0.1, -0.05) is 59.6 Å². The number of nitrogens with one attached hydrogen (secondary N) is 1. The first-order valence-corrected chi connectivity index (χ1v) is 11.8. The summed E-state index contributed by atoms with van der Waals surface area (Å²) >= 11 is 13.7.